The summed E-state index contributed by atoms with van der Waals surface area (Å²) < 4.78 is 0. The van der Waals surface area contributed by atoms with Crippen LogP contribution in [0.1, 0.15) is 25.5 Å². The third kappa shape index (κ3) is 10.4. The summed E-state index contributed by atoms with van der Waals surface area (Å²) >= 11 is 0. The normalized spacial score (nSPS) is 14.3. The number of nitrogens with two attached hydrogens (primary N) is 3. The fourth-order valence-electron chi connectivity index (χ4n) is 2.64. The lowest BCUT2D eigenvalue weighted by Gasteiger charge is -2.24. The number of nitrogens with one attached hydrogen (secondary N) is 4. The van der Waals surface area contributed by atoms with Crippen molar-refractivity contribution in [2.45, 2.75) is 50.4 Å². The first-order valence-corrected chi connectivity index (χ1v) is 10.1. The molecule has 1 aromatic heterocycles. The smallest absolute Gasteiger partial charge is 0.322 e. The van der Waals surface area contributed by atoms with Crippen LogP contribution in [0.15, 0.2) is 17.5 Å². The molecular weight excluding hydrogens is 438 g/mol. The number of hydrogen-bond acceptors (Lipinski definition) is 8. The van der Waals surface area contributed by atoms with Gasteiger partial charge in [0.25, 0.3) is 0 Å². The topological polar surface area (TPSA) is 264 Å². The number of carbonyl (C=O) groups is 4. The van der Waals surface area contributed by atoms with Crippen molar-refractivity contribution >= 4 is 29.7 Å². The van der Waals surface area contributed by atoms with Gasteiger partial charge < -0.3 is 48.3 Å². The number of hydrogen-bond donors (Lipinski definition) is 9. The molecule has 0 fully saturated rings. The molecule has 0 aliphatic carbocycles. The van der Waals surface area contributed by atoms with Crippen LogP contribution in [-0.2, 0) is 25.6 Å². The number of aromatic amines is 1. The van der Waals surface area contributed by atoms with E-state index in [1.807, 2.05) is 0 Å². The van der Waals surface area contributed by atoms with Gasteiger partial charge in [-0.05, 0) is 19.8 Å². The fourth-order valence-corrected chi connectivity index (χ4v) is 2.64. The van der Waals surface area contributed by atoms with Crippen molar-refractivity contribution in [2.75, 3.05) is 13.1 Å². The van der Waals surface area contributed by atoms with E-state index in [0.717, 1.165) is 0 Å². The van der Waals surface area contributed by atoms with Crippen molar-refractivity contribution in [3.05, 3.63) is 18.2 Å². The minimum absolute atomic E-state index is 0.0123. The van der Waals surface area contributed by atoms with Crippen LogP contribution in [0.25, 0.3) is 0 Å². The average Bonchev–Trinajstić information content (AvgIpc) is 3.25. The predicted octanol–water partition coefficient (Wildman–Crippen LogP) is -4.12. The molecule has 33 heavy (non-hydrogen) atoms. The third-order valence-electron chi connectivity index (χ3n) is 4.43. The van der Waals surface area contributed by atoms with Crippen LogP contribution in [0, 0.1) is 0 Å². The van der Waals surface area contributed by atoms with Gasteiger partial charge in [-0.25, -0.2) is 4.98 Å². The van der Waals surface area contributed by atoms with Crippen LogP contribution in [0.3, 0.4) is 0 Å². The van der Waals surface area contributed by atoms with Crippen LogP contribution >= 0.6 is 0 Å². The molecule has 12 N–H and O–H groups in total. The van der Waals surface area contributed by atoms with Crippen LogP contribution in [-0.4, -0.2) is 87.2 Å². The number of nitrogens with zero attached hydrogens (tertiary/aromatic N) is 2. The number of aliphatic carboxylic acids is 1. The highest BCUT2D eigenvalue weighted by atomic mass is 16.4. The van der Waals surface area contributed by atoms with Gasteiger partial charge in [-0.15, -0.1) is 0 Å². The van der Waals surface area contributed by atoms with Gasteiger partial charge in [-0.1, -0.05) is 0 Å². The molecule has 3 amide bonds. The summed E-state index contributed by atoms with van der Waals surface area (Å²) in [5.74, 6) is -3.63. The van der Waals surface area contributed by atoms with Crippen molar-refractivity contribution < 1.29 is 29.4 Å². The Balaban J connectivity index is 2.97. The van der Waals surface area contributed by atoms with Gasteiger partial charge in [0.05, 0.1) is 12.4 Å². The molecule has 1 rings (SSSR count). The molecule has 0 aliphatic rings. The van der Waals surface area contributed by atoms with E-state index in [4.69, 9.17) is 22.3 Å². The molecule has 0 saturated carbocycles. The van der Waals surface area contributed by atoms with E-state index in [9.17, 15) is 24.3 Å². The molecule has 0 spiro atoms. The number of guanidine groups is 1. The van der Waals surface area contributed by atoms with Gasteiger partial charge in [0, 0.05) is 24.9 Å². The van der Waals surface area contributed by atoms with Gasteiger partial charge in [-0.2, -0.15) is 0 Å². The molecule has 15 heteroatoms. The lowest BCUT2D eigenvalue weighted by molar-refractivity contribution is -0.138. The van der Waals surface area contributed by atoms with E-state index in [1.165, 1.54) is 19.4 Å². The quantitative estimate of drug-likeness (QED) is 0.0721. The highest BCUT2D eigenvalue weighted by Gasteiger charge is 2.29. The Morgan fingerprint density at radius 2 is 1.82 bits per heavy atom. The average molecular weight is 470 g/mol. The summed E-state index contributed by atoms with van der Waals surface area (Å²) in [7, 11) is 0. The SMILES string of the molecule is CC(O)C(N)C(=O)NC(Cc1cnc[nH]1)C(=O)NC(CCCN=C(N)N)C(=O)NCC(=O)O. The van der Waals surface area contributed by atoms with E-state index >= 15 is 0 Å². The van der Waals surface area contributed by atoms with Crippen LogP contribution in [0.2, 0.25) is 0 Å². The van der Waals surface area contributed by atoms with E-state index in [1.54, 1.807) is 0 Å². The summed E-state index contributed by atoms with van der Waals surface area (Å²) in [6.07, 6.45) is 2.06. The molecule has 184 valence electrons. The third-order valence-corrected chi connectivity index (χ3v) is 4.43. The van der Waals surface area contributed by atoms with Crippen molar-refractivity contribution in [1.29, 1.82) is 0 Å². The molecular formula is C18H31N9O6. The number of amides is 3. The molecule has 0 saturated heterocycles. The maximum Gasteiger partial charge on any atom is 0.322 e. The number of imidazole rings is 1. The molecule has 0 aliphatic heterocycles. The van der Waals surface area contributed by atoms with Crippen LogP contribution < -0.4 is 33.2 Å². The van der Waals surface area contributed by atoms with E-state index < -0.39 is 54.5 Å². The standard InChI is InChI=1S/C18H31N9O6/c1-9(28)14(19)17(33)27-12(5-10-6-22-8-25-10)16(32)26-11(3-2-4-23-18(20)21)15(31)24-7-13(29)30/h6,8-9,11-12,14,28H,2-5,7,19H2,1H3,(H,22,25)(H,24,31)(H,26,32)(H,27,33)(H,29,30)(H4,20,21,23). The van der Waals surface area contributed by atoms with Crippen molar-refractivity contribution in [3.63, 3.8) is 0 Å². The summed E-state index contributed by atoms with van der Waals surface area (Å²) in [5, 5.41) is 25.5. The molecule has 15 nitrogen and oxygen atoms in total. The number of carboxylic acids is 1. The number of aromatic nitrogens is 2. The van der Waals surface area contributed by atoms with Gasteiger partial charge in [0.15, 0.2) is 5.96 Å². The highest BCUT2D eigenvalue weighted by molar-refractivity contribution is 5.93. The van der Waals surface area contributed by atoms with Crippen LogP contribution in [0.5, 0.6) is 0 Å². The summed E-state index contributed by atoms with van der Waals surface area (Å²) in [5.41, 5.74) is 16.7. The first-order valence-electron chi connectivity index (χ1n) is 10.1. The van der Waals surface area contributed by atoms with Crippen LogP contribution in [0.4, 0.5) is 0 Å². The van der Waals surface area contributed by atoms with E-state index in [2.05, 4.69) is 30.9 Å². The van der Waals surface area contributed by atoms with Gasteiger partial charge in [0.2, 0.25) is 17.7 Å². The minimum Gasteiger partial charge on any atom is -0.480 e. The second-order valence-corrected chi connectivity index (χ2v) is 7.23. The Labute approximate surface area is 189 Å². The number of rotatable bonds is 14. The molecule has 4 unspecified atom stereocenters. The fraction of sp³-hybridized carbons (Fsp3) is 0.556. The Morgan fingerprint density at radius 1 is 1.15 bits per heavy atom. The summed E-state index contributed by atoms with van der Waals surface area (Å²) in [6, 6.07) is -3.58. The molecule has 0 bridgehead atoms. The number of H-pyrrole nitrogens is 1. The zero-order valence-corrected chi connectivity index (χ0v) is 18.2. The number of carboxylic acid groups (broad SMARTS) is 1. The van der Waals surface area contributed by atoms with E-state index in [-0.39, 0.29) is 25.3 Å². The zero-order valence-electron chi connectivity index (χ0n) is 18.2. The maximum absolute atomic E-state index is 13.0. The van der Waals surface area contributed by atoms with Gasteiger partial charge >= 0.3 is 5.97 Å². The Kier molecular flexibility index (Phi) is 11.3. The van der Waals surface area contributed by atoms with Gasteiger partial charge in [0.1, 0.15) is 24.7 Å². The number of aliphatic hydroxyl groups excluding tert-OH is 1. The lowest BCUT2D eigenvalue weighted by Crippen LogP contribution is -2.58. The lowest BCUT2D eigenvalue weighted by atomic mass is 10.1. The Hall–Kier alpha value is -3.72. The first kappa shape index (κ1) is 27.3. The maximum atomic E-state index is 13.0. The summed E-state index contributed by atoms with van der Waals surface area (Å²) in [6.45, 7) is 0.864. The number of carbonyl (C=O) groups excluding carboxylic acids is 3. The monoisotopic (exact) mass is 469 g/mol. The predicted molar refractivity (Wildman–Crippen MR) is 116 cm³/mol. The molecule has 1 aromatic rings. The second kappa shape index (κ2) is 13.6. The highest BCUT2D eigenvalue weighted by Crippen LogP contribution is 2.04. The molecule has 1 heterocycles. The molecule has 0 aromatic carbocycles. The minimum atomic E-state index is -1.28. The summed E-state index contributed by atoms with van der Waals surface area (Å²) in [4.78, 5) is 58.9. The van der Waals surface area contributed by atoms with E-state index in [0.29, 0.717) is 12.1 Å². The van der Waals surface area contributed by atoms with Crippen molar-refractivity contribution in [3.8, 4) is 0 Å². The largest absolute Gasteiger partial charge is 0.480 e. The number of aliphatic hydroxyl groups is 1. The molecule has 4 atom stereocenters. The first-order chi connectivity index (χ1) is 15.5. The number of aliphatic imine (C=N–C) groups is 1. The van der Waals surface area contributed by atoms with Crippen molar-refractivity contribution in [1.82, 2.24) is 25.9 Å². The van der Waals surface area contributed by atoms with Gasteiger partial charge in [-0.3, -0.25) is 24.2 Å². The van der Waals surface area contributed by atoms with Crippen molar-refractivity contribution in [2.24, 2.45) is 22.2 Å². The second-order valence-electron chi connectivity index (χ2n) is 7.23. The Morgan fingerprint density at radius 3 is 2.36 bits per heavy atom. The zero-order chi connectivity index (χ0) is 25.0. The Bertz CT molecular complexity index is 823. The molecule has 0 radical (unpaired) electrons.